The van der Waals surface area contributed by atoms with Crippen LogP contribution in [0, 0.1) is 11.8 Å². The summed E-state index contributed by atoms with van der Waals surface area (Å²) in [6.07, 6.45) is 33.9. The maximum atomic E-state index is 12.9. The molecule has 0 aliphatic rings. The SMILES string of the molecule is CCCCCCCCCCCCCCCCC(=O)O[C@H](COC(=O)CCCCCCCCCC(C)C)COP(=O)(O)OC[C@@H](O)COP(=O)(O)OC[C@@H](COC(=O)CCCCCCC)OC(=O)CCCCCCCCC(C)CC. The number of carbonyl (C=O) groups excluding carboxylic acids is 4. The molecular weight excluding hydrogens is 1050 g/mol. The summed E-state index contributed by atoms with van der Waals surface area (Å²) < 4.78 is 67.6. The molecule has 79 heavy (non-hydrogen) atoms. The second-order valence-corrected chi connectivity index (χ2v) is 25.4. The van der Waals surface area contributed by atoms with E-state index in [-0.39, 0.29) is 25.7 Å². The van der Waals surface area contributed by atoms with Crippen LogP contribution in [-0.2, 0) is 65.4 Å². The Kier molecular flexibility index (Phi) is 51.5. The van der Waals surface area contributed by atoms with Gasteiger partial charge in [0.15, 0.2) is 12.2 Å². The van der Waals surface area contributed by atoms with Crippen molar-refractivity contribution in [1.82, 2.24) is 0 Å². The first kappa shape index (κ1) is 77.1. The molecule has 0 radical (unpaired) electrons. The first-order valence-electron chi connectivity index (χ1n) is 31.5. The van der Waals surface area contributed by atoms with Crippen LogP contribution in [0.3, 0.4) is 0 Å². The van der Waals surface area contributed by atoms with Gasteiger partial charge in [0.2, 0.25) is 0 Å². The van der Waals surface area contributed by atoms with Gasteiger partial charge in [0.25, 0.3) is 0 Å². The number of hydrogen-bond donors (Lipinski definition) is 3. The molecule has 0 aliphatic heterocycles. The summed E-state index contributed by atoms with van der Waals surface area (Å²) in [6, 6.07) is 0. The highest BCUT2D eigenvalue weighted by molar-refractivity contribution is 7.47. The van der Waals surface area contributed by atoms with Gasteiger partial charge in [-0.2, -0.15) is 0 Å². The molecule has 0 aliphatic carbocycles. The Morgan fingerprint density at radius 2 is 0.646 bits per heavy atom. The molecule has 0 saturated heterocycles. The number of phosphoric acid groups is 2. The second kappa shape index (κ2) is 52.8. The number of unbranched alkanes of at least 4 members (excludes halogenated alkanes) is 28. The van der Waals surface area contributed by atoms with Crippen LogP contribution in [0.2, 0.25) is 0 Å². The zero-order chi connectivity index (χ0) is 58.7. The number of hydrogen-bond acceptors (Lipinski definition) is 15. The third-order valence-corrected chi connectivity index (χ3v) is 16.0. The van der Waals surface area contributed by atoms with Crippen molar-refractivity contribution in [2.45, 2.75) is 310 Å². The van der Waals surface area contributed by atoms with Crippen molar-refractivity contribution in [3.63, 3.8) is 0 Å². The molecule has 0 bridgehead atoms. The van der Waals surface area contributed by atoms with E-state index < -0.39 is 97.5 Å². The third kappa shape index (κ3) is 53.8. The van der Waals surface area contributed by atoms with Crippen LogP contribution in [0.1, 0.15) is 292 Å². The van der Waals surface area contributed by atoms with Crippen molar-refractivity contribution in [3.8, 4) is 0 Å². The summed E-state index contributed by atoms with van der Waals surface area (Å²) in [7, 11) is -9.87. The predicted molar refractivity (Wildman–Crippen MR) is 312 cm³/mol. The summed E-state index contributed by atoms with van der Waals surface area (Å²) in [5, 5.41) is 10.5. The molecule has 0 spiro atoms. The van der Waals surface area contributed by atoms with Crippen LogP contribution < -0.4 is 0 Å². The zero-order valence-electron chi connectivity index (χ0n) is 50.7. The molecule has 0 amide bonds. The maximum Gasteiger partial charge on any atom is 0.472 e. The number of aliphatic hydroxyl groups excluding tert-OH is 1. The minimum atomic E-state index is -4.94. The van der Waals surface area contributed by atoms with Crippen molar-refractivity contribution in [1.29, 1.82) is 0 Å². The second-order valence-electron chi connectivity index (χ2n) is 22.5. The molecule has 19 heteroatoms. The number of esters is 4. The van der Waals surface area contributed by atoms with Gasteiger partial charge in [0.1, 0.15) is 19.3 Å². The Labute approximate surface area is 479 Å². The van der Waals surface area contributed by atoms with Gasteiger partial charge < -0.3 is 33.8 Å². The van der Waals surface area contributed by atoms with E-state index in [1.54, 1.807) is 0 Å². The topological polar surface area (TPSA) is 237 Å². The van der Waals surface area contributed by atoms with E-state index in [2.05, 4.69) is 41.5 Å². The van der Waals surface area contributed by atoms with E-state index in [0.29, 0.717) is 31.6 Å². The average Bonchev–Trinajstić information content (AvgIpc) is 3.41. The van der Waals surface area contributed by atoms with E-state index in [1.807, 2.05) is 0 Å². The van der Waals surface area contributed by atoms with Gasteiger partial charge in [-0.25, -0.2) is 9.13 Å². The largest absolute Gasteiger partial charge is 0.472 e. The van der Waals surface area contributed by atoms with Gasteiger partial charge in [0.05, 0.1) is 26.4 Å². The standard InChI is InChI=1S/C60H116O17P2/c1-7-10-12-14-15-16-17-18-19-20-21-24-32-38-44-59(64)76-56(49-71-58(63)43-37-31-25-22-23-29-34-40-52(4)5)51-75-79(68,69)73-47-54(61)46-72-78(66,67)74-50-55(48-70-57(62)42-36-28-13-11-8-2)77-60(65)45-39-33-27-26-30-35-41-53(6)9-3/h52-56,61H,7-51H2,1-6H3,(H,66,67)(H,68,69)/t53?,54-,55+,56+/m0/s1. The molecule has 3 N–H and O–H groups in total. The molecule has 3 unspecified atom stereocenters. The minimum absolute atomic E-state index is 0.102. The number of aliphatic hydroxyl groups is 1. The lowest BCUT2D eigenvalue weighted by Crippen LogP contribution is -2.30. The smallest absolute Gasteiger partial charge is 0.462 e. The Hall–Kier alpha value is -1.94. The normalized spacial score (nSPS) is 14.8. The Morgan fingerprint density at radius 1 is 0.367 bits per heavy atom. The summed E-state index contributed by atoms with van der Waals surface area (Å²) in [5.41, 5.74) is 0. The molecule has 0 aromatic rings. The lowest BCUT2D eigenvalue weighted by atomic mass is 10.00. The molecule has 0 heterocycles. The van der Waals surface area contributed by atoms with Crippen LogP contribution in [0.4, 0.5) is 0 Å². The van der Waals surface area contributed by atoms with Crippen LogP contribution in [-0.4, -0.2) is 96.7 Å². The number of ether oxygens (including phenoxy) is 4. The fourth-order valence-electron chi connectivity index (χ4n) is 8.79. The molecule has 0 rings (SSSR count). The minimum Gasteiger partial charge on any atom is -0.462 e. The van der Waals surface area contributed by atoms with Crippen LogP contribution in [0.15, 0.2) is 0 Å². The van der Waals surface area contributed by atoms with Crippen molar-refractivity contribution >= 4 is 39.5 Å². The molecule has 17 nitrogen and oxygen atoms in total. The van der Waals surface area contributed by atoms with Crippen LogP contribution in [0.5, 0.6) is 0 Å². The molecule has 0 fully saturated rings. The molecule has 0 aromatic heterocycles. The fourth-order valence-corrected chi connectivity index (χ4v) is 10.4. The molecule has 468 valence electrons. The van der Waals surface area contributed by atoms with E-state index in [4.69, 9.17) is 37.0 Å². The highest BCUT2D eigenvalue weighted by atomic mass is 31.2. The summed E-state index contributed by atoms with van der Waals surface area (Å²) >= 11 is 0. The predicted octanol–water partition coefficient (Wildman–Crippen LogP) is 16.1. The van der Waals surface area contributed by atoms with Crippen molar-refractivity contribution in [3.05, 3.63) is 0 Å². The average molecular weight is 1170 g/mol. The van der Waals surface area contributed by atoms with E-state index in [9.17, 15) is 43.2 Å². The Morgan fingerprint density at radius 3 is 0.962 bits per heavy atom. The van der Waals surface area contributed by atoms with Crippen molar-refractivity contribution in [2.24, 2.45) is 11.8 Å². The number of phosphoric ester groups is 2. The number of rotatable bonds is 59. The van der Waals surface area contributed by atoms with E-state index in [1.165, 1.54) is 96.3 Å². The highest BCUT2D eigenvalue weighted by Gasteiger charge is 2.30. The van der Waals surface area contributed by atoms with Gasteiger partial charge >= 0.3 is 39.5 Å². The first-order chi connectivity index (χ1) is 37.9. The highest BCUT2D eigenvalue weighted by Crippen LogP contribution is 2.45. The van der Waals surface area contributed by atoms with Crippen LogP contribution >= 0.6 is 15.6 Å². The fraction of sp³-hybridized carbons (Fsp3) is 0.933. The van der Waals surface area contributed by atoms with Gasteiger partial charge in [-0.15, -0.1) is 0 Å². The number of carbonyl (C=O) groups is 4. The molecule has 0 aromatic carbocycles. The quantitative estimate of drug-likeness (QED) is 0.0222. The lowest BCUT2D eigenvalue weighted by molar-refractivity contribution is -0.161. The third-order valence-electron chi connectivity index (χ3n) is 14.1. The van der Waals surface area contributed by atoms with E-state index in [0.717, 1.165) is 109 Å². The Balaban J connectivity index is 5.18. The molecular formula is C60H116O17P2. The summed E-state index contributed by atoms with van der Waals surface area (Å²) in [6.45, 7) is 9.27. The monoisotopic (exact) mass is 1170 g/mol. The van der Waals surface area contributed by atoms with Gasteiger partial charge in [-0.3, -0.25) is 37.3 Å². The Bertz CT molecular complexity index is 1570. The lowest BCUT2D eigenvalue weighted by Gasteiger charge is -2.21. The summed E-state index contributed by atoms with van der Waals surface area (Å²) in [4.78, 5) is 71.8. The van der Waals surface area contributed by atoms with Gasteiger partial charge in [0, 0.05) is 25.7 Å². The first-order valence-corrected chi connectivity index (χ1v) is 34.5. The zero-order valence-corrected chi connectivity index (χ0v) is 52.4. The molecule has 6 atom stereocenters. The van der Waals surface area contributed by atoms with Gasteiger partial charge in [-0.05, 0) is 37.5 Å². The van der Waals surface area contributed by atoms with E-state index >= 15 is 0 Å². The molecule has 0 saturated carbocycles. The van der Waals surface area contributed by atoms with Crippen molar-refractivity contribution in [2.75, 3.05) is 39.6 Å². The van der Waals surface area contributed by atoms with Gasteiger partial charge in [-0.1, -0.05) is 241 Å². The summed E-state index contributed by atoms with van der Waals surface area (Å²) in [5.74, 6) is -0.727. The van der Waals surface area contributed by atoms with Crippen molar-refractivity contribution < 1.29 is 80.2 Å². The maximum absolute atomic E-state index is 12.9. The van der Waals surface area contributed by atoms with Crippen LogP contribution in [0.25, 0.3) is 0 Å².